The van der Waals surface area contributed by atoms with E-state index in [1.807, 2.05) is 75.1 Å². The van der Waals surface area contributed by atoms with Crippen molar-refractivity contribution in [2.75, 3.05) is 12.3 Å². The Morgan fingerprint density at radius 1 is 1.11 bits per heavy atom. The Kier molecular flexibility index (Phi) is 24.8. The van der Waals surface area contributed by atoms with Crippen LogP contribution in [0.25, 0.3) is 0 Å². The summed E-state index contributed by atoms with van der Waals surface area (Å²) in [5.41, 5.74) is 15.8. The highest BCUT2D eigenvalue weighted by Gasteiger charge is 2.22. The van der Waals surface area contributed by atoms with E-state index in [-0.39, 0.29) is 29.5 Å². The molecule has 3 atom stereocenters. The van der Waals surface area contributed by atoms with Gasteiger partial charge in [0, 0.05) is 34.5 Å². The fourth-order valence-corrected chi connectivity index (χ4v) is 4.35. The first kappa shape index (κ1) is 43.1. The summed E-state index contributed by atoms with van der Waals surface area (Å²) in [5, 5.41) is 0. The molecule has 0 radical (unpaired) electrons. The fourth-order valence-electron chi connectivity index (χ4n) is 4.13. The molecule has 0 bridgehead atoms. The zero-order valence-corrected chi connectivity index (χ0v) is 30.2. The normalized spacial score (nSPS) is 14.0. The van der Waals surface area contributed by atoms with Crippen molar-refractivity contribution in [3.63, 3.8) is 0 Å². The molecule has 7 heteroatoms. The molecule has 1 aromatic carbocycles. The van der Waals surface area contributed by atoms with Gasteiger partial charge < -0.3 is 16.4 Å². The zero-order valence-electron chi connectivity index (χ0n) is 29.3. The van der Waals surface area contributed by atoms with E-state index in [1.165, 1.54) is 0 Å². The first-order valence-electron chi connectivity index (χ1n) is 16.2. The third-order valence-electron chi connectivity index (χ3n) is 7.23. The highest BCUT2D eigenvalue weighted by molar-refractivity contribution is 7.80. The van der Waals surface area contributed by atoms with Crippen LogP contribution in [0.15, 0.2) is 76.3 Å². The molecule has 1 rings (SSSR count). The van der Waals surface area contributed by atoms with Crippen LogP contribution < -0.4 is 11.5 Å². The maximum absolute atomic E-state index is 13.3. The van der Waals surface area contributed by atoms with Gasteiger partial charge >= 0.3 is 0 Å². The summed E-state index contributed by atoms with van der Waals surface area (Å²) in [5.74, 6) is 0.584. The van der Waals surface area contributed by atoms with Crippen LogP contribution in [0.1, 0.15) is 119 Å². The number of anilines is 1. The lowest BCUT2D eigenvalue weighted by molar-refractivity contribution is -0.129. The number of Topliss-reactive ketones (excluding diaryl/α,β-unsaturated/α-hetero) is 1. The number of carbonyl (C=O) groups is 2. The Bertz CT molecular complexity index is 1120. The number of amides is 1. The molecule has 3 unspecified atom stereocenters. The Hall–Kier alpha value is -3.06. The van der Waals surface area contributed by atoms with Crippen LogP contribution in [-0.2, 0) is 9.59 Å². The number of aliphatic imine (C=N–C) groups is 1. The number of allylic oxidation sites excluding steroid dienone is 5. The lowest BCUT2D eigenvalue weighted by Crippen LogP contribution is -2.42. The van der Waals surface area contributed by atoms with Crippen LogP contribution >= 0.6 is 12.6 Å². The molecule has 1 aromatic rings. The SMILES string of the molecule is C/C=C\C(=C/C)C(C)=O.C=CCC(N=C(/C=C(\N)C(=O)N(CCC(C)CC)C(C)CC)CCC)c1ccc(N)c(S)c1.CC. The van der Waals surface area contributed by atoms with Gasteiger partial charge in [0.05, 0.1) is 11.7 Å². The van der Waals surface area contributed by atoms with Crippen molar-refractivity contribution in [3.05, 3.63) is 72.0 Å². The molecule has 6 nitrogen and oxygen atoms in total. The van der Waals surface area contributed by atoms with Crippen LogP contribution in [0, 0.1) is 5.92 Å². The number of ketones is 1. The summed E-state index contributed by atoms with van der Waals surface area (Å²) in [6.07, 6.45) is 14.4. The summed E-state index contributed by atoms with van der Waals surface area (Å²) in [6, 6.07) is 5.76. The molecule has 0 spiro atoms. The van der Waals surface area contributed by atoms with E-state index in [9.17, 15) is 9.59 Å². The molecule has 0 aliphatic rings. The Labute approximate surface area is 275 Å². The predicted molar refractivity (Wildman–Crippen MR) is 196 cm³/mol. The van der Waals surface area contributed by atoms with Crippen molar-refractivity contribution in [2.24, 2.45) is 16.6 Å². The summed E-state index contributed by atoms with van der Waals surface area (Å²) in [7, 11) is 0. The Morgan fingerprint density at radius 3 is 2.18 bits per heavy atom. The van der Waals surface area contributed by atoms with Gasteiger partial charge in [0.2, 0.25) is 0 Å². The van der Waals surface area contributed by atoms with Gasteiger partial charge in [-0.3, -0.25) is 14.6 Å². The maximum Gasteiger partial charge on any atom is 0.270 e. The highest BCUT2D eigenvalue weighted by atomic mass is 32.1. The number of carbonyl (C=O) groups excluding carboxylic acids is 2. The van der Waals surface area contributed by atoms with Gasteiger partial charge in [-0.25, -0.2) is 0 Å². The summed E-state index contributed by atoms with van der Waals surface area (Å²) < 4.78 is 0. The second-order valence-corrected chi connectivity index (χ2v) is 11.2. The number of nitrogens with two attached hydrogens (primary N) is 2. The predicted octanol–water partition coefficient (Wildman–Crippen LogP) is 9.45. The second kappa shape index (κ2) is 25.3. The molecule has 0 aromatic heterocycles. The molecule has 248 valence electrons. The quantitative estimate of drug-likeness (QED) is 0.0425. The van der Waals surface area contributed by atoms with Crippen LogP contribution in [-0.4, -0.2) is 34.9 Å². The van der Waals surface area contributed by atoms with E-state index in [4.69, 9.17) is 16.5 Å². The van der Waals surface area contributed by atoms with Crippen LogP contribution in [0.4, 0.5) is 5.69 Å². The number of nitrogen functional groups attached to an aromatic ring is 1. The lowest BCUT2D eigenvalue weighted by Gasteiger charge is -2.30. The van der Waals surface area contributed by atoms with Crippen molar-refractivity contribution < 1.29 is 9.59 Å². The van der Waals surface area contributed by atoms with Gasteiger partial charge in [-0.15, -0.1) is 19.2 Å². The standard InChI is InChI=1S/C27H44N4OS.C8H12O.C2H6/c1-7-11-22(30-25(12-8-2)21-13-14-23(28)26(33)17-21)18-24(29)27(32)31(20(6)10-4)16-15-19(5)9-3;1-4-6-8(5-2)7(3)9;1-2/h8,13-14,17-20,25,33H,2,7,9-12,15-16,28-29H2,1,3-6H3;4-6H,1-3H3;1-2H3/b24-18-,30-22?;6-4-,8-5+;. The van der Waals surface area contributed by atoms with E-state index < -0.39 is 0 Å². The van der Waals surface area contributed by atoms with Crippen molar-refractivity contribution in [3.8, 4) is 0 Å². The topological polar surface area (TPSA) is 102 Å². The van der Waals surface area contributed by atoms with Crippen molar-refractivity contribution >= 4 is 35.7 Å². The fraction of sp³-hybridized carbons (Fsp3) is 0.541. The van der Waals surface area contributed by atoms with Gasteiger partial charge in [-0.1, -0.05) is 84.8 Å². The largest absolute Gasteiger partial charge is 0.398 e. The van der Waals surface area contributed by atoms with Crippen molar-refractivity contribution in [2.45, 2.75) is 125 Å². The van der Waals surface area contributed by atoms with Gasteiger partial charge in [0.25, 0.3) is 5.91 Å². The maximum atomic E-state index is 13.3. The summed E-state index contributed by atoms with van der Waals surface area (Å²) in [6.45, 7) is 24.6. The van der Waals surface area contributed by atoms with E-state index in [2.05, 4.69) is 53.8 Å². The third kappa shape index (κ3) is 16.7. The van der Waals surface area contributed by atoms with Crippen molar-refractivity contribution in [1.82, 2.24) is 4.90 Å². The molecule has 0 saturated carbocycles. The van der Waals surface area contributed by atoms with E-state index in [0.717, 1.165) is 53.8 Å². The molecule has 0 heterocycles. The summed E-state index contributed by atoms with van der Waals surface area (Å²) in [4.78, 5) is 31.5. The first-order valence-corrected chi connectivity index (χ1v) is 16.7. The molecule has 0 fully saturated rings. The van der Waals surface area contributed by atoms with Gasteiger partial charge in [-0.2, -0.15) is 0 Å². The first-order chi connectivity index (χ1) is 20.9. The number of thiol groups is 1. The third-order valence-corrected chi connectivity index (χ3v) is 7.62. The minimum Gasteiger partial charge on any atom is -0.398 e. The average molecular weight is 627 g/mol. The molecular formula is C37H62N4O2S. The van der Waals surface area contributed by atoms with Crippen LogP contribution in [0.5, 0.6) is 0 Å². The zero-order chi connectivity index (χ0) is 34.2. The summed E-state index contributed by atoms with van der Waals surface area (Å²) >= 11 is 4.46. The molecule has 0 saturated heterocycles. The van der Waals surface area contributed by atoms with Gasteiger partial charge in [0.15, 0.2) is 5.78 Å². The average Bonchev–Trinajstić information content (AvgIpc) is 3.01. The minimum absolute atomic E-state index is 0.109. The molecule has 1 amide bonds. The monoisotopic (exact) mass is 626 g/mol. The molecule has 0 aliphatic carbocycles. The minimum atomic E-state index is -0.134. The van der Waals surface area contributed by atoms with Crippen LogP contribution in [0.3, 0.4) is 0 Å². The number of hydrogen-bond acceptors (Lipinski definition) is 6. The molecule has 4 N–H and O–H groups in total. The lowest BCUT2D eigenvalue weighted by atomic mass is 10.0. The van der Waals surface area contributed by atoms with E-state index in [0.29, 0.717) is 24.6 Å². The van der Waals surface area contributed by atoms with Gasteiger partial charge in [-0.05, 0) is 83.1 Å². The smallest absolute Gasteiger partial charge is 0.270 e. The Balaban J connectivity index is 0. The Morgan fingerprint density at radius 2 is 1.75 bits per heavy atom. The molecule has 0 aliphatic heterocycles. The number of hydrogen-bond donors (Lipinski definition) is 3. The van der Waals surface area contributed by atoms with Gasteiger partial charge in [0.1, 0.15) is 0 Å². The van der Waals surface area contributed by atoms with Crippen LogP contribution in [0.2, 0.25) is 0 Å². The molecular weight excluding hydrogens is 565 g/mol. The van der Waals surface area contributed by atoms with E-state index >= 15 is 0 Å². The highest BCUT2D eigenvalue weighted by Crippen LogP contribution is 2.28. The number of benzene rings is 1. The second-order valence-electron chi connectivity index (χ2n) is 10.7. The molecule has 44 heavy (non-hydrogen) atoms. The van der Waals surface area contributed by atoms with Crippen molar-refractivity contribution in [1.29, 1.82) is 0 Å². The number of rotatable bonds is 16. The van der Waals surface area contributed by atoms with E-state index in [1.54, 1.807) is 13.0 Å². The number of nitrogens with zero attached hydrogens (tertiary/aromatic N) is 2.